The van der Waals surface area contributed by atoms with Crippen LogP contribution in [-0.4, -0.2) is 40.9 Å². The van der Waals surface area contributed by atoms with E-state index in [0.717, 1.165) is 11.3 Å². The van der Waals surface area contributed by atoms with Crippen molar-refractivity contribution >= 4 is 17.5 Å². The molecule has 2 aromatic carbocycles. The molecule has 0 aliphatic carbocycles. The summed E-state index contributed by atoms with van der Waals surface area (Å²) in [6.07, 6.45) is 1.49. The molecule has 0 unspecified atom stereocenters. The number of fused-ring (bicyclic) bond motifs is 1. The highest BCUT2D eigenvalue weighted by Crippen LogP contribution is 2.37. The molecule has 3 aromatic rings. The van der Waals surface area contributed by atoms with E-state index in [4.69, 9.17) is 9.47 Å². The SMILES string of the molecule is COc1ccc([C@H]2[C@@H](C(=O)Nc3ccccc3OC)[C@H](C)Nc3ncnn32)cc1. The van der Waals surface area contributed by atoms with Crippen LogP contribution >= 0.6 is 0 Å². The van der Waals surface area contributed by atoms with Gasteiger partial charge in [-0.15, -0.1) is 0 Å². The van der Waals surface area contributed by atoms with Gasteiger partial charge in [-0.25, -0.2) is 4.68 Å². The third-order valence-corrected chi connectivity index (χ3v) is 5.20. The van der Waals surface area contributed by atoms with E-state index in [-0.39, 0.29) is 18.0 Å². The monoisotopic (exact) mass is 393 g/mol. The van der Waals surface area contributed by atoms with E-state index in [2.05, 4.69) is 20.7 Å². The van der Waals surface area contributed by atoms with Crippen LogP contribution in [0.25, 0.3) is 0 Å². The summed E-state index contributed by atoms with van der Waals surface area (Å²) in [5, 5.41) is 10.7. The van der Waals surface area contributed by atoms with Crippen molar-refractivity contribution in [1.29, 1.82) is 0 Å². The molecule has 0 bridgehead atoms. The van der Waals surface area contributed by atoms with Crippen molar-refractivity contribution in [3.05, 3.63) is 60.4 Å². The molecule has 1 aliphatic heterocycles. The summed E-state index contributed by atoms with van der Waals surface area (Å²) in [5.41, 5.74) is 1.58. The van der Waals surface area contributed by atoms with Crippen LogP contribution in [-0.2, 0) is 4.79 Å². The number of amides is 1. The number of anilines is 2. The summed E-state index contributed by atoms with van der Waals surface area (Å²) in [7, 11) is 3.21. The number of carbonyl (C=O) groups excluding carboxylic acids is 1. The fourth-order valence-corrected chi connectivity index (χ4v) is 3.76. The summed E-state index contributed by atoms with van der Waals surface area (Å²) < 4.78 is 12.4. The number of para-hydroxylation sites is 2. The lowest BCUT2D eigenvalue weighted by molar-refractivity contribution is -0.121. The second-order valence-electron chi connectivity index (χ2n) is 6.89. The first-order chi connectivity index (χ1) is 14.1. The summed E-state index contributed by atoms with van der Waals surface area (Å²) in [6.45, 7) is 1.97. The molecule has 8 heteroatoms. The summed E-state index contributed by atoms with van der Waals surface area (Å²) >= 11 is 0. The molecule has 2 heterocycles. The van der Waals surface area contributed by atoms with Gasteiger partial charge < -0.3 is 20.1 Å². The van der Waals surface area contributed by atoms with Gasteiger partial charge in [-0.2, -0.15) is 10.1 Å². The second-order valence-corrected chi connectivity index (χ2v) is 6.89. The predicted octanol–water partition coefficient (Wildman–Crippen LogP) is 2.95. The fraction of sp³-hybridized carbons (Fsp3) is 0.286. The third-order valence-electron chi connectivity index (χ3n) is 5.20. The summed E-state index contributed by atoms with van der Waals surface area (Å²) in [4.78, 5) is 17.7. The molecule has 0 saturated heterocycles. The Morgan fingerprint density at radius 2 is 1.86 bits per heavy atom. The molecule has 29 heavy (non-hydrogen) atoms. The number of nitrogens with zero attached hydrogens (tertiary/aromatic N) is 3. The maximum absolute atomic E-state index is 13.4. The Morgan fingerprint density at radius 3 is 2.59 bits per heavy atom. The van der Waals surface area contributed by atoms with Crippen LogP contribution in [0, 0.1) is 5.92 Å². The number of benzene rings is 2. The predicted molar refractivity (Wildman–Crippen MR) is 109 cm³/mol. The molecular formula is C21H23N5O3. The highest BCUT2D eigenvalue weighted by molar-refractivity contribution is 5.95. The second kappa shape index (κ2) is 7.83. The van der Waals surface area contributed by atoms with Crippen LogP contribution in [0.3, 0.4) is 0 Å². The Hall–Kier alpha value is -3.55. The van der Waals surface area contributed by atoms with Crippen molar-refractivity contribution in [3.63, 3.8) is 0 Å². The van der Waals surface area contributed by atoms with Crippen LogP contribution in [0.1, 0.15) is 18.5 Å². The minimum Gasteiger partial charge on any atom is -0.497 e. The molecule has 0 radical (unpaired) electrons. The van der Waals surface area contributed by atoms with Crippen LogP contribution in [0.5, 0.6) is 11.5 Å². The van der Waals surface area contributed by atoms with Gasteiger partial charge in [0.2, 0.25) is 11.9 Å². The standard InChI is InChI=1S/C21H23N5O3/c1-13-18(20(27)25-16-6-4-5-7-17(16)29-3)19(26-21(24-13)22-12-23-26)14-8-10-15(28-2)11-9-14/h4-13,18-19H,1-3H3,(H,25,27)(H,22,23,24)/t13-,18-,19-/m0/s1. The number of aromatic nitrogens is 3. The first-order valence-corrected chi connectivity index (χ1v) is 9.36. The number of hydrogen-bond acceptors (Lipinski definition) is 6. The van der Waals surface area contributed by atoms with Crippen LogP contribution in [0.4, 0.5) is 11.6 Å². The molecule has 1 aliphatic rings. The third kappa shape index (κ3) is 3.49. The van der Waals surface area contributed by atoms with Crippen LogP contribution in [0.2, 0.25) is 0 Å². The van der Waals surface area contributed by atoms with Crippen molar-refractivity contribution in [1.82, 2.24) is 14.8 Å². The van der Waals surface area contributed by atoms with Gasteiger partial charge in [-0.1, -0.05) is 24.3 Å². The van der Waals surface area contributed by atoms with Gasteiger partial charge in [-0.3, -0.25) is 4.79 Å². The molecule has 150 valence electrons. The quantitative estimate of drug-likeness (QED) is 0.693. The lowest BCUT2D eigenvalue weighted by Crippen LogP contribution is -2.46. The van der Waals surface area contributed by atoms with E-state index in [1.165, 1.54) is 6.33 Å². The van der Waals surface area contributed by atoms with Gasteiger partial charge in [-0.05, 0) is 36.8 Å². The Labute approximate surface area is 168 Å². The molecule has 0 fully saturated rings. The van der Waals surface area contributed by atoms with Crippen LogP contribution < -0.4 is 20.1 Å². The lowest BCUT2D eigenvalue weighted by atomic mass is 9.85. The Bertz CT molecular complexity index is 1000. The smallest absolute Gasteiger partial charge is 0.232 e. The maximum atomic E-state index is 13.4. The van der Waals surface area contributed by atoms with Crippen molar-refractivity contribution in [2.75, 3.05) is 24.9 Å². The topological polar surface area (TPSA) is 90.3 Å². The minimum atomic E-state index is -0.428. The van der Waals surface area contributed by atoms with E-state index in [1.54, 1.807) is 18.9 Å². The molecule has 4 rings (SSSR count). The van der Waals surface area contributed by atoms with Gasteiger partial charge in [0.1, 0.15) is 17.8 Å². The first-order valence-electron chi connectivity index (χ1n) is 9.36. The van der Waals surface area contributed by atoms with Crippen molar-refractivity contribution in [2.45, 2.75) is 19.0 Å². The van der Waals surface area contributed by atoms with Crippen molar-refractivity contribution in [2.24, 2.45) is 5.92 Å². The van der Waals surface area contributed by atoms with E-state index in [1.807, 2.05) is 55.5 Å². The average molecular weight is 393 g/mol. The molecular weight excluding hydrogens is 370 g/mol. The normalized spacial score (nSPS) is 20.3. The Morgan fingerprint density at radius 1 is 1.10 bits per heavy atom. The maximum Gasteiger partial charge on any atom is 0.232 e. The molecule has 1 aromatic heterocycles. The number of ether oxygens (including phenoxy) is 2. The molecule has 1 amide bonds. The summed E-state index contributed by atoms with van der Waals surface area (Å²) in [5.74, 6) is 1.45. The minimum absolute atomic E-state index is 0.128. The van der Waals surface area contributed by atoms with Gasteiger partial charge >= 0.3 is 0 Å². The molecule has 0 spiro atoms. The molecule has 2 N–H and O–H groups in total. The Kier molecular flexibility index (Phi) is 5.07. The zero-order chi connectivity index (χ0) is 20.4. The zero-order valence-electron chi connectivity index (χ0n) is 16.5. The highest BCUT2D eigenvalue weighted by atomic mass is 16.5. The van der Waals surface area contributed by atoms with Gasteiger partial charge in [0.25, 0.3) is 0 Å². The number of rotatable bonds is 5. The van der Waals surface area contributed by atoms with Gasteiger partial charge in [0, 0.05) is 6.04 Å². The van der Waals surface area contributed by atoms with Crippen molar-refractivity contribution < 1.29 is 14.3 Å². The zero-order valence-corrected chi connectivity index (χ0v) is 16.5. The average Bonchev–Trinajstić information content (AvgIpc) is 3.21. The summed E-state index contributed by atoms with van der Waals surface area (Å²) in [6, 6.07) is 14.6. The fourth-order valence-electron chi connectivity index (χ4n) is 3.76. The van der Waals surface area contributed by atoms with E-state index < -0.39 is 5.92 Å². The lowest BCUT2D eigenvalue weighted by Gasteiger charge is -2.37. The molecule has 8 nitrogen and oxygen atoms in total. The van der Waals surface area contributed by atoms with E-state index >= 15 is 0 Å². The molecule has 3 atom stereocenters. The van der Waals surface area contributed by atoms with E-state index in [9.17, 15) is 4.79 Å². The highest BCUT2D eigenvalue weighted by Gasteiger charge is 2.41. The molecule has 0 saturated carbocycles. The van der Waals surface area contributed by atoms with Crippen LogP contribution in [0.15, 0.2) is 54.9 Å². The number of nitrogens with one attached hydrogen (secondary N) is 2. The number of hydrogen-bond donors (Lipinski definition) is 2. The number of carbonyl (C=O) groups is 1. The Balaban J connectivity index is 1.71. The number of methoxy groups -OCH3 is 2. The van der Waals surface area contributed by atoms with E-state index in [0.29, 0.717) is 17.4 Å². The van der Waals surface area contributed by atoms with Gasteiger partial charge in [0.15, 0.2) is 0 Å². The first kappa shape index (κ1) is 18.8. The van der Waals surface area contributed by atoms with Gasteiger partial charge in [0.05, 0.1) is 31.9 Å². The van der Waals surface area contributed by atoms with Crippen molar-refractivity contribution in [3.8, 4) is 11.5 Å². The largest absolute Gasteiger partial charge is 0.497 e.